The van der Waals surface area contributed by atoms with E-state index in [1.807, 2.05) is 0 Å². The number of hydrogen-bond acceptors (Lipinski definition) is 2. The molecule has 10 aromatic rings. The highest BCUT2D eigenvalue weighted by molar-refractivity contribution is 6.21. The van der Waals surface area contributed by atoms with Crippen molar-refractivity contribution in [3.05, 3.63) is 235 Å². The van der Waals surface area contributed by atoms with Crippen LogP contribution in [0.2, 0.25) is 0 Å². The number of anilines is 3. The fraction of sp³-hybridized carbons (Fsp3) is 0.0175. The van der Waals surface area contributed by atoms with E-state index in [2.05, 4.69) is 217 Å². The average Bonchev–Trinajstić information content (AvgIpc) is 3.60. The lowest BCUT2D eigenvalue weighted by atomic mass is 9.66. The number of nitrogens with zero attached hydrogens (tertiary/aromatic N) is 1. The Labute approximate surface area is 342 Å². The zero-order valence-electron chi connectivity index (χ0n) is 32.1. The lowest BCUT2D eigenvalue weighted by Gasteiger charge is -2.39. The molecule has 0 N–H and O–H groups in total. The van der Waals surface area contributed by atoms with Crippen LogP contribution in [0.15, 0.2) is 212 Å². The average molecular weight is 750 g/mol. The summed E-state index contributed by atoms with van der Waals surface area (Å²) in [6, 6.07) is 77.9. The van der Waals surface area contributed by atoms with Crippen LogP contribution >= 0.6 is 0 Å². The molecular weight excluding hydrogens is 715 g/mol. The van der Waals surface area contributed by atoms with Gasteiger partial charge in [0.2, 0.25) is 0 Å². The van der Waals surface area contributed by atoms with Crippen LogP contribution in [0, 0.1) is 0 Å². The molecular formula is C57H35NO. The predicted octanol–water partition coefficient (Wildman–Crippen LogP) is 15.2. The Morgan fingerprint density at radius 3 is 1.66 bits per heavy atom. The van der Waals surface area contributed by atoms with Gasteiger partial charge in [-0.2, -0.15) is 0 Å². The van der Waals surface area contributed by atoms with Gasteiger partial charge in [-0.05, 0) is 109 Å². The molecule has 0 saturated heterocycles. The normalized spacial score (nSPS) is 13.4. The van der Waals surface area contributed by atoms with Crippen molar-refractivity contribution in [3.63, 3.8) is 0 Å². The maximum absolute atomic E-state index is 6.70. The predicted molar refractivity (Wildman–Crippen MR) is 243 cm³/mol. The summed E-state index contributed by atoms with van der Waals surface area (Å²) in [6.07, 6.45) is 0. The summed E-state index contributed by atoms with van der Waals surface area (Å²) in [5.41, 5.74) is 17.8. The second-order valence-corrected chi connectivity index (χ2v) is 16.0. The van der Waals surface area contributed by atoms with E-state index in [4.69, 9.17) is 4.74 Å². The van der Waals surface area contributed by atoms with Gasteiger partial charge in [0.05, 0.1) is 16.8 Å². The molecule has 1 spiro atoms. The van der Waals surface area contributed by atoms with Gasteiger partial charge in [0.25, 0.3) is 0 Å². The minimum atomic E-state index is -0.578. The highest BCUT2D eigenvalue weighted by Gasteiger charge is 2.52. The van der Waals surface area contributed by atoms with Gasteiger partial charge in [0, 0.05) is 33.3 Å². The fourth-order valence-corrected chi connectivity index (χ4v) is 10.5. The van der Waals surface area contributed by atoms with Crippen molar-refractivity contribution in [1.82, 2.24) is 0 Å². The summed E-state index contributed by atoms with van der Waals surface area (Å²) in [6.45, 7) is 0. The first-order valence-corrected chi connectivity index (χ1v) is 20.4. The Morgan fingerprint density at radius 2 is 0.915 bits per heavy atom. The number of benzene rings is 10. The standard InChI is InChI=1S/C57H35NO/c1-2-15-36(16-3-1)37-29-31-41(32-30-37)58(56-42-20-7-6-19-40(42)35-46-44-33-38-17-4-5-18-39(38)34-45(44)54(46)56)51-26-14-25-50-55(51)43-21-8-9-22-47(43)57(50)48-23-10-12-27-52(48)59-53-28-13-11-24-49(53)57/h1-35H. The van der Waals surface area contributed by atoms with Crippen LogP contribution in [0.1, 0.15) is 22.3 Å². The SMILES string of the molecule is c1ccc(-c2ccc(N(c3cccc4c3-c3ccccc3C43c4ccccc4Oc4ccccc43)c3c4c(cc5ccccc35)-c3cc5ccccc5cc3-4)cc2)cc1. The molecule has 0 unspecified atom stereocenters. The number of ether oxygens (including phenoxy) is 1. The highest BCUT2D eigenvalue weighted by Crippen LogP contribution is 2.65. The van der Waals surface area contributed by atoms with Crippen molar-refractivity contribution in [3.8, 4) is 56.0 Å². The van der Waals surface area contributed by atoms with E-state index < -0.39 is 5.41 Å². The monoisotopic (exact) mass is 749 g/mol. The molecule has 59 heavy (non-hydrogen) atoms. The van der Waals surface area contributed by atoms with Crippen molar-refractivity contribution < 1.29 is 4.74 Å². The summed E-state index contributed by atoms with van der Waals surface area (Å²) >= 11 is 0. The zero-order valence-corrected chi connectivity index (χ0v) is 32.1. The third kappa shape index (κ3) is 4.40. The van der Waals surface area contributed by atoms with E-state index in [1.54, 1.807) is 0 Å². The Balaban J connectivity index is 1.14. The van der Waals surface area contributed by atoms with E-state index >= 15 is 0 Å². The van der Waals surface area contributed by atoms with Crippen LogP contribution in [0.3, 0.4) is 0 Å². The van der Waals surface area contributed by atoms with Crippen molar-refractivity contribution in [2.75, 3.05) is 4.90 Å². The molecule has 2 nitrogen and oxygen atoms in total. The van der Waals surface area contributed by atoms with Crippen LogP contribution in [-0.2, 0) is 5.41 Å². The molecule has 10 aromatic carbocycles. The molecule has 1 aliphatic heterocycles. The molecule has 0 radical (unpaired) electrons. The van der Waals surface area contributed by atoms with E-state index in [0.717, 1.165) is 34.0 Å². The lowest BCUT2D eigenvalue weighted by molar-refractivity contribution is 0.436. The van der Waals surface area contributed by atoms with Gasteiger partial charge in [-0.3, -0.25) is 0 Å². The summed E-state index contributed by atoms with van der Waals surface area (Å²) < 4.78 is 6.70. The maximum Gasteiger partial charge on any atom is 0.132 e. The van der Waals surface area contributed by atoms with E-state index in [0.29, 0.717) is 0 Å². The number of para-hydroxylation sites is 2. The largest absolute Gasteiger partial charge is 0.457 e. The van der Waals surface area contributed by atoms with Crippen LogP contribution in [0.4, 0.5) is 17.1 Å². The van der Waals surface area contributed by atoms with Gasteiger partial charge in [0.15, 0.2) is 0 Å². The molecule has 0 aromatic heterocycles. The molecule has 0 bridgehead atoms. The summed E-state index contributed by atoms with van der Waals surface area (Å²) in [5, 5.41) is 4.96. The molecule has 0 fully saturated rings. The topological polar surface area (TPSA) is 12.5 Å². The minimum Gasteiger partial charge on any atom is -0.457 e. The van der Waals surface area contributed by atoms with Crippen LogP contribution < -0.4 is 9.64 Å². The third-order valence-corrected chi connectivity index (χ3v) is 13.0. The highest BCUT2D eigenvalue weighted by atomic mass is 16.5. The Hall–Kier alpha value is -7.68. The Kier molecular flexibility index (Phi) is 6.68. The number of fused-ring (bicyclic) bond motifs is 15. The number of rotatable bonds is 4. The van der Waals surface area contributed by atoms with Crippen LogP contribution in [0.25, 0.3) is 66.1 Å². The van der Waals surface area contributed by atoms with E-state index in [9.17, 15) is 0 Å². The molecule has 13 rings (SSSR count). The van der Waals surface area contributed by atoms with Crippen molar-refractivity contribution in [1.29, 1.82) is 0 Å². The fourth-order valence-electron chi connectivity index (χ4n) is 10.5. The maximum atomic E-state index is 6.70. The second kappa shape index (κ2) is 12.2. The smallest absolute Gasteiger partial charge is 0.132 e. The Bertz CT molecular complexity index is 3320. The molecule has 0 atom stereocenters. The summed E-state index contributed by atoms with van der Waals surface area (Å²) in [5.74, 6) is 1.79. The van der Waals surface area contributed by atoms with Gasteiger partial charge in [-0.15, -0.1) is 0 Å². The van der Waals surface area contributed by atoms with E-state index in [-0.39, 0.29) is 0 Å². The first-order valence-electron chi connectivity index (χ1n) is 20.4. The molecule has 274 valence electrons. The molecule has 2 aliphatic carbocycles. The van der Waals surface area contributed by atoms with Crippen molar-refractivity contribution >= 4 is 38.6 Å². The summed E-state index contributed by atoms with van der Waals surface area (Å²) in [7, 11) is 0. The quantitative estimate of drug-likeness (QED) is 0.178. The second-order valence-electron chi connectivity index (χ2n) is 16.0. The third-order valence-electron chi connectivity index (χ3n) is 13.0. The molecule has 0 saturated carbocycles. The van der Waals surface area contributed by atoms with Gasteiger partial charge in [0.1, 0.15) is 11.5 Å². The molecule has 2 heteroatoms. The first-order chi connectivity index (χ1) is 29.3. The van der Waals surface area contributed by atoms with Gasteiger partial charge < -0.3 is 9.64 Å². The van der Waals surface area contributed by atoms with Crippen LogP contribution in [0.5, 0.6) is 11.5 Å². The lowest BCUT2D eigenvalue weighted by Crippen LogP contribution is -2.32. The van der Waals surface area contributed by atoms with Crippen molar-refractivity contribution in [2.24, 2.45) is 0 Å². The first kappa shape index (κ1) is 32.4. The van der Waals surface area contributed by atoms with Crippen molar-refractivity contribution in [2.45, 2.75) is 5.41 Å². The van der Waals surface area contributed by atoms with Gasteiger partial charge in [-0.1, -0.05) is 164 Å². The molecule has 0 amide bonds. The summed E-state index contributed by atoms with van der Waals surface area (Å²) in [4.78, 5) is 2.57. The van der Waals surface area contributed by atoms with Crippen LogP contribution in [-0.4, -0.2) is 0 Å². The Morgan fingerprint density at radius 1 is 0.356 bits per heavy atom. The zero-order chi connectivity index (χ0) is 38.7. The minimum absolute atomic E-state index is 0.578. The molecule has 3 aliphatic rings. The van der Waals surface area contributed by atoms with Gasteiger partial charge in [-0.25, -0.2) is 0 Å². The molecule has 1 heterocycles. The van der Waals surface area contributed by atoms with E-state index in [1.165, 1.54) is 82.9 Å². The van der Waals surface area contributed by atoms with Gasteiger partial charge >= 0.3 is 0 Å². The number of hydrogen-bond donors (Lipinski definition) is 0.